The summed E-state index contributed by atoms with van der Waals surface area (Å²) in [6.45, 7) is 3.13. The molecule has 1 aliphatic carbocycles. The van der Waals surface area contributed by atoms with Gasteiger partial charge in [-0.05, 0) is 25.0 Å². The molecule has 0 atom stereocenters. The van der Waals surface area contributed by atoms with Gasteiger partial charge in [-0.15, -0.1) is 0 Å². The van der Waals surface area contributed by atoms with E-state index in [1.807, 2.05) is 0 Å². The first-order valence-corrected chi connectivity index (χ1v) is 11.7. The molecular formula is C24H32N4O5. The summed E-state index contributed by atoms with van der Waals surface area (Å²) in [5.41, 5.74) is 0.550. The third kappa shape index (κ3) is 5.84. The van der Waals surface area contributed by atoms with Crippen LogP contribution in [-0.4, -0.2) is 65.5 Å². The Morgan fingerprint density at radius 2 is 1.91 bits per heavy atom. The molecule has 2 aromatic heterocycles. The van der Waals surface area contributed by atoms with Crippen molar-refractivity contribution in [3.8, 4) is 5.75 Å². The van der Waals surface area contributed by atoms with E-state index in [-0.39, 0.29) is 35.6 Å². The average molecular weight is 457 g/mol. The van der Waals surface area contributed by atoms with Crippen LogP contribution in [-0.2, 0) is 17.9 Å². The van der Waals surface area contributed by atoms with Crippen LogP contribution >= 0.6 is 0 Å². The fourth-order valence-electron chi connectivity index (χ4n) is 4.60. The van der Waals surface area contributed by atoms with Crippen LogP contribution in [0.15, 0.2) is 39.9 Å². The maximum Gasteiger partial charge on any atom is 0.289 e. The lowest BCUT2D eigenvalue weighted by Crippen LogP contribution is -2.48. The van der Waals surface area contributed by atoms with Crippen molar-refractivity contribution in [3.05, 3.63) is 52.3 Å². The number of piperazine rings is 1. The van der Waals surface area contributed by atoms with Crippen LogP contribution in [0, 0.1) is 0 Å². The Kier molecular flexibility index (Phi) is 7.49. The fraction of sp³-hybridized carbons (Fsp3) is 0.542. The van der Waals surface area contributed by atoms with Crippen molar-refractivity contribution in [2.45, 2.75) is 51.2 Å². The zero-order chi connectivity index (χ0) is 23.2. The van der Waals surface area contributed by atoms with E-state index in [1.54, 1.807) is 33.9 Å². The number of ether oxygens (including phenoxy) is 1. The number of nitrogens with one attached hydrogen (secondary N) is 1. The molecule has 0 unspecified atom stereocenters. The second-order valence-corrected chi connectivity index (χ2v) is 8.77. The smallest absolute Gasteiger partial charge is 0.289 e. The van der Waals surface area contributed by atoms with Crippen LogP contribution in [0.5, 0.6) is 5.75 Å². The van der Waals surface area contributed by atoms with Crippen LogP contribution in [0.4, 0.5) is 0 Å². The molecule has 9 heteroatoms. The van der Waals surface area contributed by atoms with Crippen LogP contribution in [0.3, 0.4) is 0 Å². The summed E-state index contributed by atoms with van der Waals surface area (Å²) >= 11 is 0. The minimum Gasteiger partial charge on any atom is -0.491 e. The molecule has 2 fully saturated rings. The van der Waals surface area contributed by atoms with Gasteiger partial charge in [0.05, 0.1) is 19.6 Å². The molecular weight excluding hydrogens is 424 g/mol. The van der Waals surface area contributed by atoms with Crippen LogP contribution in [0.25, 0.3) is 0 Å². The standard InChI is InChI=1S/C24H32N4O5/c1-32-22-16-28(17-23(30)25-18-6-3-2-4-7-18)19(14-20(22)29)15-26-9-11-27(12-10-26)24(31)21-8-5-13-33-21/h5,8,13-14,16,18H,2-4,6-7,9-12,15,17H2,1H3,(H,25,30). The molecule has 2 amide bonds. The van der Waals surface area contributed by atoms with Crippen LogP contribution < -0.4 is 15.5 Å². The quantitative estimate of drug-likeness (QED) is 0.683. The number of nitrogens with zero attached hydrogens (tertiary/aromatic N) is 3. The number of pyridine rings is 1. The molecule has 4 rings (SSSR count). The molecule has 0 spiro atoms. The van der Waals surface area contributed by atoms with Gasteiger partial charge in [0.15, 0.2) is 11.5 Å². The van der Waals surface area contributed by atoms with E-state index >= 15 is 0 Å². The first-order chi connectivity index (χ1) is 16.0. The average Bonchev–Trinajstić information content (AvgIpc) is 3.36. The number of furan rings is 1. The summed E-state index contributed by atoms with van der Waals surface area (Å²) in [6, 6.07) is 5.16. The fourth-order valence-corrected chi connectivity index (χ4v) is 4.60. The number of methoxy groups -OCH3 is 1. The second-order valence-electron chi connectivity index (χ2n) is 8.77. The molecule has 2 aromatic rings. The van der Waals surface area contributed by atoms with E-state index in [2.05, 4.69) is 10.2 Å². The Bertz CT molecular complexity index is 1000. The maximum absolute atomic E-state index is 12.7. The van der Waals surface area contributed by atoms with E-state index in [4.69, 9.17) is 9.15 Å². The third-order valence-electron chi connectivity index (χ3n) is 6.46. The number of amides is 2. The molecule has 0 bridgehead atoms. The van der Waals surface area contributed by atoms with Gasteiger partial charge in [0.1, 0.15) is 6.54 Å². The van der Waals surface area contributed by atoms with Gasteiger partial charge in [-0.2, -0.15) is 0 Å². The molecule has 9 nitrogen and oxygen atoms in total. The normalized spacial score (nSPS) is 17.7. The molecule has 1 N–H and O–H groups in total. The van der Waals surface area contributed by atoms with Crippen molar-refractivity contribution in [3.63, 3.8) is 0 Å². The van der Waals surface area contributed by atoms with E-state index in [1.165, 1.54) is 19.8 Å². The summed E-state index contributed by atoms with van der Waals surface area (Å²) in [6.07, 6.45) is 8.69. The lowest BCUT2D eigenvalue weighted by Gasteiger charge is -2.34. The first kappa shape index (κ1) is 23.1. The monoisotopic (exact) mass is 456 g/mol. The Morgan fingerprint density at radius 1 is 1.15 bits per heavy atom. The number of hydrogen-bond acceptors (Lipinski definition) is 6. The maximum atomic E-state index is 12.7. The van der Waals surface area contributed by atoms with Crippen LogP contribution in [0.2, 0.25) is 0 Å². The van der Waals surface area contributed by atoms with E-state index in [0.29, 0.717) is 38.5 Å². The zero-order valence-electron chi connectivity index (χ0n) is 19.1. The number of carbonyl (C=O) groups is 2. The van der Waals surface area contributed by atoms with E-state index < -0.39 is 0 Å². The largest absolute Gasteiger partial charge is 0.491 e. The summed E-state index contributed by atoms with van der Waals surface area (Å²) in [5.74, 6) is 0.401. The van der Waals surface area contributed by atoms with Gasteiger partial charge in [-0.25, -0.2) is 0 Å². The summed E-state index contributed by atoms with van der Waals surface area (Å²) in [7, 11) is 1.46. The van der Waals surface area contributed by atoms with E-state index in [0.717, 1.165) is 31.4 Å². The van der Waals surface area contributed by atoms with Crippen molar-refractivity contribution < 1.29 is 18.7 Å². The molecule has 33 heavy (non-hydrogen) atoms. The summed E-state index contributed by atoms with van der Waals surface area (Å²) < 4.78 is 12.2. The van der Waals surface area contributed by atoms with Gasteiger partial charge in [0.25, 0.3) is 5.91 Å². The van der Waals surface area contributed by atoms with Gasteiger partial charge in [0, 0.05) is 50.5 Å². The summed E-state index contributed by atoms with van der Waals surface area (Å²) in [5, 5.41) is 3.14. The third-order valence-corrected chi connectivity index (χ3v) is 6.46. The molecule has 1 saturated heterocycles. The predicted octanol–water partition coefficient (Wildman–Crippen LogP) is 1.86. The molecule has 0 aromatic carbocycles. The lowest BCUT2D eigenvalue weighted by molar-refractivity contribution is -0.122. The highest BCUT2D eigenvalue weighted by atomic mass is 16.5. The predicted molar refractivity (Wildman–Crippen MR) is 122 cm³/mol. The summed E-state index contributed by atoms with van der Waals surface area (Å²) in [4.78, 5) is 41.6. The highest BCUT2D eigenvalue weighted by molar-refractivity contribution is 5.91. The van der Waals surface area contributed by atoms with Crippen LogP contribution in [0.1, 0.15) is 48.4 Å². The van der Waals surface area contributed by atoms with Gasteiger partial charge in [-0.3, -0.25) is 19.3 Å². The Balaban J connectivity index is 1.40. The second kappa shape index (κ2) is 10.7. The molecule has 178 valence electrons. The molecule has 1 saturated carbocycles. The zero-order valence-corrected chi connectivity index (χ0v) is 19.1. The lowest BCUT2D eigenvalue weighted by atomic mass is 9.95. The number of rotatable bonds is 7. The Morgan fingerprint density at radius 3 is 2.58 bits per heavy atom. The van der Waals surface area contributed by atoms with Crippen molar-refractivity contribution >= 4 is 11.8 Å². The highest BCUT2D eigenvalue weighted by Gasteiger charge is 2.25. The van der Waals surface area contributed by atoms with Gasteiger partial charge >= 0.3 is 0 Å². The molecule has 2 aliphatic rings. The number of carbonyl (C=O) groups excluding carboxylic acids is 2. The minimum atomic E-state index is -0.205. The first-order valence-electron chi connectivity index (χ1n) is 11.7. The van der Waals surface area contributed by atoms with E-state index in [9.17, 15) is 14.4 Å². The van der Waals surface area contributed by atoms with Gasteiger partial charge in [-0.1, -0.05) is 19.3 Å². The van der Waals surface area contributed by atoms with Crippen molar-refractivity contribution in [2.24, 2.45) is 0 Å². The number of hydrogen-bond donors (Lipinski definition) is 1. The Labute approximate surface area is 193 Å². The molecule has 0 radical (unpaired) electrons. The SMILES string of the molecule is COc1cn(CC(=O)NC2CCCCC2)c(CN2CCN(C(=O)c3ccco3)CC2)cc1=O. The Hall–Kier alpha value is -3.07. The van der Waals surface area contributed by atoms with Crippen molar-refractivity contribution in [1.29, 1.82) is 0 Å². The highest BCUT2D eigenvalue weighted by Crippen LogP contribution is 2.18. The minimum absolute atomic E-state index is 0.0530. The molecule has 1 aliphatic heterocycles. The van der Waals surface area contributed by atoms with Gasteiger partial charge in [0.2, 0.25) is 11.3 Å². The topological polar surface area (TPSA) is 97.0 Å². The van der Waals surface area contributed by atoms with Crippen molar-refractivity contribution in [2.75, 3.05) is 33.3 Å². The van der Waals surface area contributed by atoms with Crippen molar-refractivity contribution in [1.82, 2.24) is 19.7 Å². The van der Waals surface area contributed by atoms with Gasteiger partial charge < -0.3 is 23.9 Å². The number of aromatic nitrogens is 1. The molecule has 3 heterocycles.